The van der Waals surface area contributed by atoms with Crippen molar-refractivity contribution in [3.8, 4) is 11.5 Å². The summed E-state index contributed by atoms with van der Waals surface area (Å²) in [5.74, 6) is 0.214. The average molecular weight is 489 g/mol. The maximum absolute atomic E-state index is 10.6. The van der Waals surface area contributed by atoms with E-state index in [0.29, 0.717) is 18.1 Å². The summed E-state index contributed by atoms with van der Waals surface area (Å²) in [5.41, 5.74) is 1.77. The molecule has 0 radical (unpaired) electrons. The summed E-state index contributed by atoms with van der Waals surface area (Å²) in [6.45, 7) is 0.413. The van der Waals surface area contributed by atoms with Crippen LogP contribution in [0.1, 0.15) is 11.1 Å². The first-order valence-corrected chi connectivity index (χ1v) is 8.52. The van der Waals surface area contributed by atoms with E-state index in [-0.39, 0.29) is 0 Å². The molecule has 23 heavy (non-hydrogen) atoms. The van der Waals surface area contributed by atoms with E-state index >= 15 is 0 Å². The predicted octanol–water partition coefficient (Wildman–Crippen LogP) is 4.74. The lowest BCUT2D eigenvalue weighted by molar-refractivity contribution is -0.131. The summed E-state index contributed by atoms with van der Waals surface area (Å²) in [6, 6.07) is 11.5. The Bertz CT molecular complexity index is 743. The Kier molecular flexibility index (Phi) is 6.47. The van der Waals surface area contributed by atoms with Crippen molar-refractivity contribution in [1.29, 1.82) is 0 Å². The Morgan fingerprint density at radius 2 is 2.13 bits per heavy atom. The molecule has 0 atom stereocenters. The normalized spacial score (nSPS) is 10.7. The zero-order valence-corrected chi connectivity index (χ0v) is 16.0. The van der Waals surface area contributed by atoms with E-state index in [1.54, 1.807) is 13.2 Å². The second-order valence-corrected chi connectivity index (χ2v) is 6.70. The van der Waals surface area contributed by atoms with Crippen LogP contribution in [0.5, 0.6) is 11.5 Å². The van der Waals surface area contributed by atoms with E-state index in [9.17, 15) is 4.79 Å². The molecule has 0 aliphatic carbocycles. The van der Waals surface area contributed by atoms with Crippen molar-refractivity contribution < 1.29 is 19.4 Å². The largest absolute Gasteiger partial charge is 0.493 e. The number of carboxylic acid groups (broad SMARTS) is 1. The van der Waals surface area contributed by atoms with Gasteiger partial charge in [0, 0.05) is 10.5 Å². The lowest BCUT2D eigenvalue weighted by Crippen LogP contribution is -2.00. The van der Waals surface area contributed by atoms with Crippen LogP contribution < -0.4 is 9.47 Å². The van der Waals surface area contributed by atoms with Crippen LogP contribution in [0.4, 0.5) is 0 Å². The van der Waals surface area contributed by atoms with Gasteiger partial charge in [-0.05, 0) is 64.1 Å². The lowest BCUT2D eigenvalue weighted by Gasteiger charge is -2.14. The highest BCUT2D eigenvalue weighted by Crippen LogP contribution is 2.35. The molecule has 0 saturated carbocycles. The maximum Gasteiger partial charge on any atom is 0.328 e. The smallest absolute Gasteiger partial charge is 0.328 e. The fraction of sp³-hybridized carbons (Fsp3) is 0.118. The molecule has 0 aromatic heterocycles. The number of carbonyl (C=O) groups is 1. The molecule has 4 nitrogen and oxygen atoms in total. The monoisotopic (exact) mass is 488 g/mol. The van der Waals surface area contributed by atoms with Crippen molar-refractivity contribution in [1.82, 2.24) is 0 Å². The molecule has 0 spiro atoms. The van der Waals surface area contributed by atoms with Crippen molar-refractivity contribution in [3.63, 3.8) is 0 Å². The first-order chi connectivity index (χ1) is 11.0. The van der Waals surface area contributed by atoms with E-state index in [0.717, 1.165) is 25.2 Å². The molecule has 0 heterocycles. The van der Waals surface area contributed by atoms with Crippen molar-refractivity contribution in [2.75, 3.05) is 7.11 Å². The number of aliphatic carboxylic acids is 1. The third-order valence-corrected chi connectivity index (χ3v) is 4.24. The van der Waals surface area contributed by atoms with Gasteiger partial charge in [-0.2, -0.15) is 0 Å². The Labute approximate surface area is 156 Å². The van der Waals surface area contributed by atoms with Crippen LogP contribution in [-0.2, 0) is 11.4 Å². The van der Waals surface area contributed by atoms with Gasteiger partial charge in [0.15, 0.2) is 11.5 Å². The third-order valence-electron chi connectivity index (χ3n) is 2.94. The second kappa shape index (κ2) is 8.35. The van der Waals surface area contributed by atoms with Crippen LogP contribution in [0.3, 0.4) is 0 Å². The van der Waals surface area contributed by atoms with Gasteiger partial charge in [0.2, 0.25) is 0 Å². The first kappa shape index (κ1) is 17.8. The van der Waals surface area contributed by atoms with E-state index in [2.05, 4.69) is 38.5 Å². The van der Waals surface area contributed by atoms with Crippen LogP contribution in [0, 0.1) is 3.57 Å². The van der Waals surface area contributed by atoms with Gasteiger partial charge in [-0.25, -0.2) is 4.79 Å². The summed E-state index contributed by atoms with van der Waals surface area (Å²) in [5, 5.41) is 8.71. The van der Waals surface area contributed by atoms with E-state index in [4.69, 9.17) is 14.6 Å². The SMILES string of the molecule is COc1cc(/C=C/C(=O)O)cc(I)c1OCc1cccc(Br)c1. The molecule has 2 rings (SSSR count). The molecule has 0 aliphatic heterocycles. The van der Waals surface area contributed by atoms with Gasteiger partial charge in [0.25, 0.3) is 0 Å². The summed E-state index contributed by atoms with van der Waals surface area (Å²) >= 11 is 5.58. The topological polar surface area (TPSA) is 55.8 Å². The number of hydrogen-bond donors (Lipinski definition) is 1. The second-order valence-electron chi connectivity index (χ2n) is 4.62. The van der Waals surface area contributed by atoms with Crippen molar-refractivity contribution >= 4 is 50.6 Å². The van der Waals surface area contributed by atoms with Crippen LogP contribution in [0.15, 0.2) is 46.9 Å². The molecule has 120 valence electrons. The summed E-state index contributed by atoms with van der Waals surface area (Å²) in [6.07, 6.45) is 2.61. The lowest BCUT2D eigenvalue weighted by atomic mass is 10.2. The molecule has 2 aromatic rings. The van der Waals surface area contributed by atoms with Gasteiger partial charge in [-0.15, -0.1) is 0 Å². The van der Waals surface area contributed by atoms with Gasteiger partial charge in [-0.1, -0.05) is 28.1 Å². The molecule has 0 aliphatic rings. The highest BCUT2D eigenvalue weighted by molar-refractivity contribution is 14.1. The zero-order chi connectivity index (χ0) is 16.8. The predicted molar refractivity (Wildman–Crippen MR) is 101 cm³/mol. The number of carboxylic acids is 1. The molecule has 0 saturated heterocycles. The van der Waals surface area contributed by atoms with Crippen molar-refractivity contribution in [3.05, 3.63) is 61.6 Å². The maximum atomic E-state index is 10.6. The molecular weight excluding hydrogens is 475 g/mol. The van der Waals surface area contributed by atoms with Crippen LogP contribution in [-0.4, -0.2) is 18.2 Å². The quantitative estimate of drug-likeness (QED) is 0.471. The number of methoxy groups -OCH3 is 1. The number of rotatable bonds is 6. The standard InChI is InChI=1S/C17H14BrIO4/c1-22-15-9-11(5-6-16(20)21)8-14(19)17(15)23-10-12-3-2-4-13(18)7-12/h2-9H,10H2,1H3,(H,20,21)/b6-5+. The zero-order valence-electron chi connectivity index (χ0n) is 12.3. The average Bonchev–Trinajstić information content (AvgIpc) is 2.51. The summed E-state index contributed by atoms with van der Waals surface area (Å²) in [7, 11) is 1.56. The van der Waals surface area contributed by atoms with E-state index in [1.807, 2.05) is 30.3 Å². The fourth-order valence-electron chi connectivity index (χ4n) is 1.93. The fourth-order valence-corrected chi connectivity index (χ4v) is 3.15. The van der Waals surface area contributed by atoms with Crippen molar-refractivity contribution in [2.24, 2.45) is 0 Å². The molecule has 2 aromatic carbocycles. The molecular formula is C17H14BrIO4. The van der Waals surface area contributed by atoms with Crippen LogP contribution >= 0.6 is 38.5 Å². The summed E-state index contributed by atoms with van der Waals surface area (Å²) < 4.78 is 13.1. The summed E-state index contributed by atoms with van der Waals surface area (Å²) in [4.78, 5) is 10.6. The van der Waals surface area contributed by atoms with Crippen LogP contribution in [0.25, 0.3) is 6.08 Å². The van der Waals surface area contributed by atoms with Gasteiger partial charge >= 0.3 is 5.97 Å². The Balaban J connectivity index is 2.22. The Hall–Kier alpha value is -1.54. The number of halogens is 2. The Morgan fingerprint density at radius 1 is 1.35 bits per heavy atom. The van der Waals surface area contributed by atoms with Gasteiger partial charge in [-0.3, -0.25) is 0 Å². The minimum Gasteiger partial charge on any atom is -0.493 e. The van der Waals surface area contributed by atoms with Gasteiger partial charge in [0.1, 0.15) is 6.61 Å². The molecule has 0 bridgehead atoms. The number of ether oxygens (including phenoxy) is 2. The number of hydrogen-bond acceptors (Lipinski definition) is 3. The first-order valence-electron chi connectivity index (χ1n) is 6.65. The highest BCUT2D eigenvalue weighted by Gasteiger charge is 2.11. The van der Waals surface area contributed by atoms with Gasteiger partial charge in [0.05, 0.1) is 10.7 Å². The minimum atomic E-state index is -0.992. The van der Waals surface area contributed by atoms with E-state index < -0.39 is 5.97 Å². The molecule has 1 N–H and O–H groups in total. The third kappa shape index (κ3) is 5.24. The highest BCUT2D eigenvalue weighted by atomic mass is 127. The van der Waals surface area contributed by atoms with Crippen molar-refractivity contribution in [2.45, 2.75) is 6.61 Å². The molecule has 0 amide bonds. The molecule has 0 unspecified atom stereocenters. The Morgan fingerprint density at radius 3 is 2.78 bits per heavy atom. The van der Waals surface area contributed by atoms with Gasteiger partial charge < -0.3 is 14.6 Å². The molecule has 0 fully saturated rings. The number of benzene rings is 2. The molecule has 6 heteroatoms. The van der Waals surface area contributed by atoms with E-state index in [1.165, 1.54) is 6.08 Å². The van der Waals surface area contributed by atoms with Crippen LogP contribution in [0.2, 0.25) is 0 Å². The minimum absolute atomic E-state index is 0.413.